The van der Waals surface area contributed by atoms with Gasteiger partial charge in [-0.25, -0.2) is 0 Å². The number of cyclic esters (lactones) is 1. The third kappa shape index (κ3) is 3.35. The first kappa shape index (κ1) is 22.6. The van der Waals surface area contributed by atoms with Crippen LogP contribution in [0.15, 0.2) is 23.0 Å². The topological polar surface area (TPSA) is 109 Å². The molecule has 8 heteroatoms. The lowest BCUT2D eigenvalue weighted by molar-refractivity contribution is -0.222. The summed E-state index contributed by atoms with van der Waals surface area (Å²) in [6.45, 7) is 4.55. The molecule has 1 aromatic heterocycles. The molecule has 1 spiro atoms. The summed E-state index contributed by atoms with van der Waals surface area (Å²) in [4.78, 5) is 49.7. The molecule has 2 aliphatic carbocycles. The summed E-state index contributed by atoms with van der Waals surface area (Å²) < 4.78 is 22.4. The minimum Gasteiger partial charge on any atom is -0.472 e. The Kier molecular flexibility index (Phi) is 5.90. The maximum atomic E-state index is 13.6. The Labute approximate surface area is 186 Å². The smallest absolute Gasteiger partial charge is 0.313 e. The van der Waals surface area contributed by atoms with E-state index in [1.807, 2.05) is 6.92 Å². The van der Waals surface area contributed by atoms with Crippen LogP contribution in [0.4, 0.5) is 0 Å². The Morgan fingerprint density at radius 1 is 1.25 bits per heavy atom. The average molecular weight is 446 g/mol. The van der Waals surface area contributed by atoms with Gasteiger partial charge in [0.25, 0.3) is 0 Å². The van der Waals surface area contributed by atoms with Crippen LogP contribution < -0.4 is 0 Å². The number of carbonyl (C=O) groups excluding carboxylic acids is 4. The van der Waals surface area contributed by atoms with E-state index in [0.717, 1.165) is 18.3 Å². The van der Waals surface area contributed by atoms with Crippen LogP contribution in [0, 0.1) is 28.6 Å². The number of fused-ring (bicyclic) bond motifs is 2. The zero-order valence-corrected chi connectivity index (χ0v) is 18.7. The summed E-state index contributed by atoms with van der Waals surface area (Å²) in [6, 6.07) is 1.79. The zero-order valence-electron chi connectivity index (χ0n) is 18.7. The number of carbonyl (C=O) groups is 4. The summed E-state index contributed by atoms with van der Waals surface area (Å²) in [5.41, 5.74) is -1.06. The van der Waals surface area contributed by atoms with E-state index < -0.39 is 40.9 Å². The first-order chi connectivity index (χ1) is 15.3. The van der Waals surface area contributed by atoms with Crippen molar-refractivity contribution in [3.8, 4) is 0 Å². The van der Waals surface area contributed by atoms with Gasteiger partial charge in [0.1, 0.15) is 25.1 Å². The van der Waals surface area contributed by atoms with Crippen molar-refractivity contribution in [3.05, 3.63) is 24.2 Å². The highest BCUT2D eigenvalue weighted by atomic mass is 16.6. The van der Waals surface area contributed by atoms with Gasteiger partial charge < -0.3 is 23.4 Å². The van der Waals surface area contributed by atoms with Crippen LogP contribution in [0.3, 0.4) is 0 Å². The van der Waals surface area contributed by atoms with Crippen LogP contribution in [-0.4, -0.2) is 36.9 Å². The van der Waals surface area contributed by atoms with E-state index in [2.05, 4.69) is 0 Å². The number of aldehydes is 1. The summed E-state index contributed by atoms with van der Waals surface area (Å²) >= 11 is 0. The standard InChI is InChI=1S/C24H30O8/c1-14-9-21(31-16(3)27)24(13-30-15(2)26)18(11-25)5-4-6-20(24)23(14)10-19(32-22(23)28)17-7-8-29-12-17/h7-8,11-12,14,18-21H,4-6,9-10,13H2,1-3H3/t14-,18+,19+,20-,21+,23-,24+/m1/s1. The van der Waals surface area contributed by atoms with Gasteiger partial charge in [-0.2, -0.15) is 0 Å². The van der Waals surface area contributed by atoms with Crippen molar-refractivity contribution < 1.29 is 37.8 Å². The minimum atomic E-state index is -0.978. The van der Waals surface area contributed by atoms with E-state index in [4.69, 9.17) is 18.6 Å². The van der Waals surface area contributed by atoms with Crippen molar-refractivity contribution in [2.75, 3.05) is 6.61 Å². The van der Waals surface area contributed by atoms with Crippen LogP contribution in [0.5, 0.6) is 0 Å². The van der Waals surface area contributed by atoms with Crippen molar-refractivity contribution in [1.82, 2.24) is 0 Å². The fourth-order valence-electron chi connectivity index (χ4n) is 6.71. The summed E-state index contributed by atoms with van der Waals surface area (Å²) in [7, 11) is 0. The molecule has 1 aromatic rings. The second kappa shape index (κ2) is 8.37. The molecule has 174 valence electrons. The molecular formula is C24H30O8. The lowest BCUT2D eigenvalue weighted by Crippen LogP contribution is -2.65. The van der Waals surface area contributed by atoms with Crippen molar-refractivity contribution in [2.45, 2.75) is 65.1 Å². The fourth-order valence-corrected chi connectivity index (χ4v) is 6.71. The number of rotatable bonds is 5. The van der Waals surface area contributed by atoms with Crippen LogP contribution in [0.1, 0.15) is 64.5 Å². The Morgan fingerprint density at radius 2 is 2.03 bits per heavy atom. The van der Waals surface area contributed by atoms with Crippen molar-refractivity contribution >= 4 is 24.2 Å². The van der Waals surface area contributed by atoms with Crippen molar-refractivity contribution in [1.29, 1.82) is 0 Å². The normalized spacial score (nSPS) is 38.6. The molecule has 0 bridgehead atoms. The Balaban J connectivity index is 1.83. The Morgan fingerprint density at radius 3 is 2.66 bits per heavy atom. The first-order valence-electron chi connectivity index (χ1n) is 11.2. The predicted molar refractivity (Wildman–Crippen MR) is 110 cm³/mol. The largest absolute Gasteiger partial charge is 0.472 e. The lowest BCUT2D eigenvalue weighted by Gasteiger charge is -2.60. The number of esters is 3. The van der Waals surface area contributed by atoms with Gasteiger partial charge in [0.15, 0.2) is 0 Å². The van der Waals surface area contributed by atoms with Crippen LogP contribution in [-0.2, 0) is 33.4 Å². The van der Waals surface area contributed by atoms with Gasteiger partial charge in [0.05, 0.1) is 23.4 Å². The van der Waals surface area contributed by atoms with Crippen molar-refractivity contribution in [2.24, 2.45) is 28.6 Å². The highest BCUT2D eigenvalue weighted by Crippen LogP contribution is 2.67. The minimum absolute atomic E-state index is 0.0769. The third-order valence-electron chi connectivity index (χ3n) is 8.08. The highest BCUT2D eigenvalue weighted by molar-refractivity contribution is 5.81. The highest BCUT2D eigenvalue weighted by Gasteiger charge is 2.71. The quantitative estimate of drug-likeness (QED) is 0.385. The fraction of sp³-hybridized carbons (Fsp3) is 0.667. The van der Waals surface area contributed by atoms with E-state index in [1.165, 1.54) is 13.8 Å². The lowest BCUT2D eigenvalue weighted by atomic mass is 9.43. The first-order valence-corrected chi connectivity index (χ1v) is 11.2. The number of hydrogen-bond acceptors (Lipinski definition) is 8. The third-order valence-corrected chi connectivity index (χ3v) is 8.08. The van der Waals surface area contributed by atoms with Gasteiger partial charge in [-0.15, -0.1) is 0 Å². The number of hydrogen-bond donors (Lipinski definition) is 0. The van der Waals surface area contributed by atoms with E-state index in [1.54, 1.807) is 18.6 Å². The van der Waals surface area contributed by atoms with E-state index in [0.29, 0.717) is 25.7 Å². The van der Waals surface area contributed by atoms with E-state index in [-0.39, 0.29) is 24.4 Å². The van der Waals surface area contributed by atoms with Crippen molar-refractivity contribution in [3.63, 3.8) is 0 Å². The molecule has 2 saturated carbocycles. The van der Waals surface area contributed by atoms with Crippen LogP contribution in [0.25, 0.3) is 0 Å². The molecule has 2 heterocycles. The molecule has 0 N–H and O–H groups in total. The maximum Gasteiger partial charge on any atom is 0.313 e. The molecule has 7 atom stereocenters. The molecule has 8 nitrogen and oxygen atoms in total. The summed E-state index contributed by atoms with van der Waals surface area (Å²) in [5.74, 6) is -2.24. The Bertz CT molecular complexity index is 892. The van der Waals surface area contributed by atoms with Crippen LogP contribution >= 0.6 is 0 Å². The van der Waals surface area contributed by atoms with E-state index >= 15 is 0 Å². The second-order valence-electron chi connectivity index (χ2n) is 9.55. The molecule has 0 radical (unpaired) electrons. The van der Waals surface area contributed by atoms with Gasteiger partial charge in [-0.05, 0) is 37.2 Å². The predicted octanol–water partition coefficient (Wildman–Crippen LogP) is 3.39. The molecule has 0 aromatic carbocycles. The van der Waals surface area contributed by atoms with Gasteiger partial charge in [-0.3, -0.25) is 14.4 Å². The molecule has 0 unspecified atom stereocenters. The molecular weight excluding hydrogens is 416 g/mol. The summed E-state index contributed by atoms with van der Waals surface area (Å²) in [6.07, 6.45) is 5.73. The number of furan rings is 1. The summed E-state index contributed by atoms with van der Waals surface area (Å²) in [5, 5.41) is 0. The molecule has 3 fully saturated rings. The average Bonchev–Trinajstić information content (AvgIpc) is 3.38. The van der Waals surface area contributed by atoms with Gasteiger partial charge in [-0.1, -0.05) is 13.3 Å². The molecule has 1 saturated heterocycles. The molecule has 3 aliphatic rings. The monoisotopic (exact) mass is 446 g/mol. The molecule has 0 amide bonds. The van der Waals surface area contributed by atoms with Gasteiger partial charge >= 0.3 is 17.9 Å². The SMILES string of the molecule is CC(=O)OC[C@]12[C@H](C=O)CCC[C@@H]1[C@@]1(C[C@@H](c3ccoc3)OC1=O)[C@H](C)C[C@@H]2OC(C)=O. The van der Waals surface area contributed by atoms with Gasteiger partial charge in [0.2, 0.25) is 0 Å². The molecule has 32 heavy (non-hydrogen) atoms. The van der Waals surface area contributed by atoms with Crippen LogP contribution in [0.2, 0.25) is 0 Å². The molecule has 4 rings (SSSR count). The van der Waals surface area contributed by atoms with Gasteiger partial charge in [0, 0.05) is 31.7 Å². The molecule has 1 aliphatic heterocycles. The second-order valence-corrected chi connectivity index (χ2v) is 9.55. The Hall–Kier alpha value is -2.64. The number of ether oxygens (including phenoxy) is 3. The van der Waals surface area contributed by atoms with E-state index in [9.17, 15) is 19.2 Å². The zero-order chi connectivity index (χ0) is 23.1. The maximum absolute atomic E-state index is 13.6.